The standard InChI is InChI=1S/C46H29N3O/c1-4-14-30(15-5-1)32-18-12-19-33(28-32)39-29-40(48-46(47-39)31-16-6-2-7-17-31)37-24-13-23-35-36-26-27-42-43(45(36)50-44(35)37)38-22-10-11-25-41(38)49(42)34-20-8-3-9-21-34/h1-29H. The van der Waals surface area contributed by atoms with E-state index >= 15 is 0 Å². The molecule has 234 valence electrons. The zero-order valence-electron chi connectivity index (χ0n) is 27.0. The summed E-state index contributed by atoms with van der Waals surface area (Å²) in [5.41, 5.74) is 12.0. The second kappa shape index (κ2) is 11.4. The van der Waals surface area contributed by atoms with E-state index in [1.807, 2.05) is 24.3 Å². The first-order chi connectivity index (χ1) is 24.8. The molecule has 4 nitrogen and oxygen atoms in total. The molecule has 50 heavy (non-hydrogen) atoms. The quantitative estimate of drug-likeness (QED) is 0.188. The van der Waals surface area contributed by atoms with Crippen LogP contribution in [0.2, 0.25) is 0 Å². The van der Waals surface area contributed by atoms with E-state index in [0.717, 1.165) is 83.1 Å². The van der Waals surface area contributed by atoms with Crippen molar-refractivity contribution in [1.82, 2.24) is 14.5 Å². The summed E-state index contributed by atoms with van der Waals surface area (Å²) in [7, 11) is 0. The summed E-state index contributed by atoms with van der Waals surface area (Å²) < 4.78 is 9.33. The highest BCUT2D eigenvalue weighted by Gasteiger charge is 2.21. The predicted molar refractivity (Wildman–Crippen MR) is 205 cm³/mol. The molecular formula is C46H29N3O. The maximum absolute atomic E-state index is 7.00. The molecule has 0 radical (unpaired) electrons. The van der Waals surface area contributed by atoms with Crippen molar-refractivity contribution in [2.24, 2.45) is 0 Å². The second-order valence-corrected chi connectivity index (χ2v) is 12.6. The first-order valence-electron chi connectivity index (χ1n) is 16.8. The van der Waals surface area contributed by atoms with Crippen LogP contribution in [-0.2, 0) is 0 Å². The van der Waals surface area contributed by atoms with Crippen molar-refractivity contribution in [3.63, 3.8) is 0 Å². The minimum absolute atomic E-state index is 0.671. The topological polar surface area (TPSA) is 43.9 Å². The number of benzene rings is 7. The molecule has 0 N–H and O–H groups in total. The van der Waals surface area contributed by atoms with Crippen molar-refractivity contribution in [1.29, 1.82) is 0 Å². The van der Waals surface area contributed by atoms with Gasteiger partial charge in [-0.1, -0.05) is 127 Å². The lowest BCUT2D eigenvalue weighted by Gasteiger charge is -2.11. The molecular weight excluding hydrogens is 611 g/mol. The fourth-order valence-corrected chi connectivity index (χ4v) is 7.30. The first-order valence-corrected chi connectivity index (χ1v) is 16.8. The molecule has 0 saturated carbocycles. The number of rotatable bonds is 5. The van der Waals surface area contributed by atoms with E-state index in [4.69, 9.17) is 14.4 Å². The Balaban J connectivity index is 1.22. The summed E-state index contributed by atoms with van der Waals surface area (Å²) in [4.78, 5) is 10.3. The molecule has 4 heteroatoms. The first kappa shape index (κ1) is 28.3. The average molecular weight is 640 g/mol. The van der Waals surface area contributed by atoms with Gasteiger partial charge in [0.2, 0.25) is 0 Å². The number of nitrogens with zero attached hydrogens (tertiary/aromatic N) is 3. The summed E-state index contributed by atoms with van der Waals surface area (Å²) in [5.74, 6) is 0.671. The van der Waals surface area contributed by atoms with Crippen LogP contribution in [0.3, 0.4) is 0 Å². The van der Waals surface area contributed by atoms with E-state index < -0.39 is 0 Å². The largest absolute Gasteiger partial charge is 0.455 e. The zero-order valence-corrected chi connectivity index (χ0v) is 27.0. The molecule has 0 aliphatic carbocycles. The summed E-state index contributed by atoms with van der Waals surface area (Å²) in [5, 5.41) is 4.41. The Morgan fingerprint density at radius 2 is 1.02 bits per heavy atom. The molecule has 7 aromatic carbocycles. The molecule has 0 fully saturated rings. The molecule has 0 unspecified atom stereocenters. The van der Waals surface area contributed by atoms with Gasteiger partial charge >= 0.3 is 0 Å². The lowest BCUT2D eigenvalue weighted by Crippen LogP contribution is -1.96. The minimum atomic E-state index is 0.671. The van der Waals surface area contributed by atoms with Crippen molar-refractivity contribution in [2.45, 2.75) is 0 Å². The van der Waals surface area contributed by atoms with Crippen molar-refractivity contribution in [3.8, 4) is 50.7 Å². The lowest BCUT2D eigenvalue weighted by molar-refractivity contribution is 0.674. The summed E-state index contributed by atoms with van der Waals surface area (Å²) >= 11 is 0. The van der Waals surface area contributed by atoms with Crippen LogP contribution in [0.1, 0.15) is 0 Å². The third-order valence-corrected chi connectivity index (χ3v) is 9.61. The van der Waals surface area contributed by atoms with Crippen LogP contribution >= 0.6 is 0 Å². The zero-order chi connectivity index (χ0) is 33.0. The molecule has 0 saturated heterocycles. The number of fused-ring (bicyclic) bond motifs is 7. The van der Waals surface area contributed by atoms with Crippen molar-refractivity contribution >= 4 is 43.7 Å². The van der Waals surface area contributed by atoms with Gasteiger partial charge in [-0.3, -0.25) is 0 Å². The average Bonchev–Trinajstić information content (AvgIpc) is 3.75. The maximum Gasteiger partial charge on any atom is 0.160 e. The van der Waals surface area contributed by atoms with Crippen molar-refractivity contribution < 1.29 is 4.42 Å². The molecule has 0 bridgehead atoms. The Kier molecular flexibility index (Phi) is 6.46. The minimum Gasteiger partial charge on any atom is -0.455 e. The SMILES string of the molecule is c1ccc(-c2cccc(-c3cc(-c4cccc5c4oc4c5ccc5c4c4ccccc4n5-c4ccccc4)nc(-c4ccccc4)n3)c2)cc1. The Morgan fingerprint density at radius 1 is 0.400 bits per heavy atom. The van der Waals surface area contributed by atoms with E-state index in [-0.39, 0.29) is 0 Å². The normalized spacial score (nSPS) is 11.6. The Bertz CT molecular complexity index is 2850. The number of hydrogen-bond acceptors (Lipinski definition) is 3. The molecule has 3 aromatic heterocycles. The van der Waals surface area contributed by atoms with Gasteiger partial charge in [0.15, 0.2) is 5.82 Å². The van der Waals surface area contributed by atoms with E-state index in [0.29, 0.717) is 5.82 Å². The Hall–Kier alpha value is -6.78. The highest BCUT2D eigenvalue weighted by molar-refractivity contribution is 6.24. The molecule has 0 spiro atoms. The maximum atomic E-state index is 7.00. The number of furan rings is 1. The smallest absolute Gasteiger partial charge is 0.160 e. The fraction of sp³-hybridized carbons (Fsp3) is 0. The van der Waals surface area contributed by atoms with Gasteiger partial charge in [0.05, 0.1) is 27.8 Å². The summed E-state index contributed by atoms with van der Waals surface area (Å²) in [6.07, 6.45) is 0. The summed E-state index contributed by atoms with van der Waals surface area (Å²) in [6.45, 7) is 0. The highest BCUT2D eigenvalue weighted by Crippen LogP contribution is 2.43. The van der Waals surface area contributed by atoms with Crippen LogP contribution < -0.4 is 0 Å². The molecule has 0 aliphatic rings. The van der Waals surface area contributed by atoms with E-state index in [1.54, 1.807) is 0 Å². The van der Waals surface area contributed by atoms with E-state index in [9.17, 15) is 0 Å². The van der Waals surface area contributed by atoms with E-state index in [1.165, 1.54) is 5.56 Å². The van der Waals surface area contributed by atoms with Gasteiger partial charge < -0.3 is 8.98 Å². The Morgan fingerprint density at radius 3 is 1.84 bits per heavy atom. The van der Waals surface area contributed by atoms with Crippen molar-refractivity contribution in [2.75, 3.05) is 0 Å². The van der Waals surface area contributed by atoms with Crippen LogP contribution in [0.15, 0.2) is 180 Å². The third-order valence-electron chi connectivity index (χ3n) is 9.61. The lowest BCUT2D eigenvalue weighted by atomic mass is 10.00. The molecule has 10 aromatic rings. The van der Waals surface area contributed by atoms with Gasteiger partial charge in [-0.2, -0.15) is 0 Å². The fourth-order valence-electron chi connectivity index (χ4n) is 7.30. The second-order valence-electron chi connectivity index (χ2n) is 12.6. The summed E-state index contributed by atoms with van der Waals surface area (Å²) in [6, 6.07) is 61.2. The van der Waals surface area contributed by atoms with Crippen LogP contribution in [0, 0.1) is 0 Å². The van der Waals surface area contributed by atoms with E-state index in [2.05, 4.69) is 156 Å². The highest BCUT2D eigenvalue weighted by atomic mass is 16.3. The van der Waals surface area contributed by atoms with Gasteiger partial charge in [0.1, 0.15) is 11.2 Å². The van der Waals surface area contributed by atoms with Crippen molar-refractivity contribution in [3.05, 3.63) is 176 Å². The van der Waals surface area contributed by atoms with Crippen LogP contribution in [0.25, 0.3) is 94.5 Å². The Labute approximate surface area is 288 Å². The number of aromatic nitrogens is 3. The molecule has 10 rings (SSSR count). The number of para-hydroxylation sites is 3. The third kappa shape index (κ3) is 4.54. The van der Waals surface area contributed by atoms with Gasteiger partial charge in [-0.05, 0) is 59.7 Å². The van der Waals surface area contributed by atoms with Gasteiger partial charge in [-0.15, -0.1) is 0 Å². The monoisotopic (exact) mass is 639 g/mol. The molecule has 0 aliphatic heterocycles. The molecule has 0 amide bonds. The van der Waals surface area contributed by atoms with Crippen LogP contribution in [0.4, 0.5) is 0 Å². The van der Waals surface area contributed by atoms with Gasteiger partial charge in [0.25, 0.3) is 0 Å². The predicted octanol–water partition coefficient (Wildman–Crippen LogP) is 12.1. The van der Waals surface area contributed by atoms with Gasteiger partial charge in [-0.25, -0.2) is 9.97 Å². The van der Waals surface area contributed by atoms with Crippen LogP contribution in [0.5, 0.6) is 0 Å². The molecule has 0 atom stereocenters. The number of hydrogen-bond donors (Lipinski definition) is 0. The molecule has 3 heterocycles. The van der Waals surface area contributed by atoms with Crippen LogP contribution in [-0.4, -0.2) is 14.5 Å². The van der Waals surface area contributed by atoms with Gasteiger partial charge in [0, 0.05) is 38.5 Å².